The summed E-state index contributed by atoms with van der Waals surface area (Å²) in [6.07, 6.45) is -5.20. The topological polar surface area (TPSA) is 85.4 Å². The molecule has 0 amide bonds. The van der Waals surface area contributed by atoms with Crippen LogP contribution in [0.2, 0.25) is 0 Å². The molecule has 0 aliphatic carbocycles. The second-order valence-electron chi connectivity index (χ2n) is 9.46. The van der Waals surface area contributed by atoms with Crippen LogP contribution in [-0.4, -0.2) is 70.5 Å². The lowest BCUT2D eigenvalue weighted by atomic mass is 10.1. The first kappa shape index (κ1) is 30.5. The summed E-state index contributed by atoms with van der Waals surface area (Å²) in [5, 5.41) is 0. The molecule has 1 saturated heterocycles. The summed E-state index contributed by atoms with van der Waals surface area (Å²) in [7, 11) is -1.46. The number of ether oxygens (including phenoxy) is 3. The molecule has 1 aliphatic heterocycles. The summed E-state index contributed by atoms with van der Waals surface area (Å²) in [5.41, 5.74) is 0.939. The Kier molecular flexibility index (Phi) is 9.69. The number of rotatable bonds is 10. The Labute approximate surface area is 237 Å². The van der Waals surface area contributed by atoms with Gasteiger partial charge >= 0.3 is 12.1 Å². The summed E-state index contributed by atoms with van der Waals surface area (Å²) in [5.74, 6) is 0.215. The van der Waals surface area contributed by atoms with Crippen LogP contribution in [0.5, 0.6) is 5.75 Å². The van der Waals surface area contributed by atoms with Crippen LogP contribution in [0.25, 0.3) is 0 Å². The normalized spacial score (nSPS) is 15.8. The fraction of sp³-hybridized carbons (Fsp3) is 0.345. The van der Waals surface area contributed by atoms with E-state index in [0.29, 0.717) is 30.9 Å². The molecule has 0 saturated carbocycles. The number of methoxy groups -OCH3 is 2. The van der Waals surface area contributed by atoms with Crippen molar-refractivity contribution in [2.45, 2.75) is 23.8 Å². The van der Waals surface area contributed by atoms with E-state index in [-0.39, 0.29) is 19.7 Å². The van der Waals surface area contributed by atoms with Crippen LogP contribution in [-0.2, 0) is 32.3 Å². The molecule has 1 fully saturated rings. The Morgan fingerprint density at radius 3 is 2.24 bits per heavy atom. The van der Waals surface area contributed by atoms with E-state index in [1.54, 1.807) is 31.4 Å². The summed E-state index contributed by atoms with van der Waals surface area (Å²) in [6, 6.07) is 18.5. The van der Waals surface area contributed by atoms with Crippen molar-refractivity contribution in [2.75, 3.05) is 46.9 Å². The minimum atomic E-state index is -4.79. The van der Waals surface area contributed by atoms with Gasteiger partial charge in [0.15, 0.2) is 0 Å². The number of nitrogens with zero attached hydrogens (tertiary/aromatic N) is 2. The first-order chi connectivity index (χ1) is 19.5. The van der Waals surface area contributed by atoms with Crippen molar-refractivity contribution in [1.29, 1.82) is 0 Å². The molecule has 8 nitrogen and oxygen atoms in total. The molecule has 1 heterocycles. The average Bonchev–Trinajstić information content (AvgIpc) is 2.99. The Bertz CT molecular complexity index is 1440. The zero-order valence-electron chi connectivity index (χ0n) is 22.6. The average molecular weight is 593 g/mol. The number of carbonyl (C=O) groups is 1. The number of benzene rings is 3. The Hall–Kier alpha value is -3.45. The van der Waals surface area contributed by atoms with Crippen LogP contribution in [0, 0.1) is 0 Å². The third-order valence-electron chi connectivity index (χ3n) is 6.86. The molecule has 0 radical (unpaired) electrons. The van der Waals surface area contributed by atoms with Gasteiger partial charge in [0.05, 0.1) is 43.0 Å². The van der Waals surface area contributed by atoms with Crippen molar-refractivity contribution >= 4 is 16.0 Å². The smallest absolute Gasteiger partial charge is 0.417 e. The number of hydrogen-bond donors (Lipinski definition) is 0. The van der Waals surface area contributed by atoms with Crippen molar-refractivity contribution in [1.82, 2.24) is 9.21 Å². The standard InChI is InChI=1S/C29H31F3N2O6S/c1-38-24-7-5-6-23(18-24)26(40-20-21-10-12-22(13-11-21)28(35)39-2)19-33-14-16-34(17-15-33)41(36,37)27-9-4-3-8-25(27)29(30,31)32/h3-13,18,26H,14-17,19-20H2,1-2H3/t26-/m0/s1. The molecular formula is C29H31F3N2O6S. The summed E-state index contributed by atoms with van der Waals surface area (Å²) < 4.78 is 84.3. The number of alkyl halides is 3. The maximum atomic E-state index is 13.5. The van der Waals surface area contributed by atoms with Crippen molar-refractivity contribution < 1.29 is 40.6 Å². The van der Waals surface area contributed by atoms with Crippen molar-refractivity contribution in [3.63, 3.8) is 0 Å². The van der Waals surface area contributed by atoms with E-state index in [9.17, 15) is 26.4 Å². The van der Waals surface area contributed by atoms with Gasteiger partial charge in [-0.15, -0.1) is 0 Å². The fourth-order valence-corrected chi connectivity index (χ4v) is 6.23. The van der Waals surface area contributed by atoms with E-state index in [4.69, 9.17) is 14.2 Å². The van der Waals surface area contributed by atoms with Gasteiger partial charge in [0.25, 0.3) is 0 Å². The molecule has 1 aliphatic rings. The molecule has 3 aromatic carbocycles. The van der Waals surface area contributed by atoms with E-state index in [2.05, 4.69) is 0 Å². The summed E-state index contributed by atoms with van der Waals surface area (Å²) >= 11 is 0. The molecule has 3 aromatic rings. The highest BCUT2D eigenvalue weighted by Gasteiger charge is 2.39. The second-order valence-corrected chi connectivity index (χ2v) is 11.4. The minimum Gasteiger partial charge on any atom is -0.497 e. The predicted octanol–water partition coefficient (Wildman–Crippen LogP) is 4.77. The van der Waals surface area contributed by atoms with E-state index in [0.717, 1.165) is 27.6 Å². The quantitative estimate of drug-likeness (QED) is 0.314. The predicted molar refractivity (Wildman–Crippen MR) is 145 cm³/mol. The molecule has 4 rings (SSSR count). The molecule has 220 valence electrons. The van der Waals surface area contributed by atoms with E-state index >= 15 is 0 Å². The lowest BCUT2D eigenvalue weighted by Gasteiger charge is -2.36. The fourth-order valence-electron chi connectivity index (χ4n) is 4.60. The number of piperazine rings is 1. The molecule has 0 bridgehead atoms. The van der Waals surface area contributed by atoms with Gasteiger partial charge in [0, 0.05) is 32.7 Å². The molecule has 0 N–H and O–H groups in total. The highest BCUT2D eigenvalue weighted by atomic mass is 32.2. The first-order valence-electron chi connectivity index (χ1n) is 12.8. The van der Waals surface area contributed by atoms with Crippen LogP contribution in [0.3, 0.4) is 0 Å². The number of sulfonamides is 1. The van der Waals surface area contributed by atoms with Crippen molar-refractivity contribution in [2.24, 2.45) is 0 Å². The molecule has 41 heavy (non-hydrogen) atoms. The third kappa shape index (κ3) is 7.45. The van der Waals surface area contributed by atoms with Crippen LogP contribution in [0.1, 0.15) is 33.2 Å². The molecule has 12 heteroatoms. The zero-order valence-corrected chi connectivity index (χ0v) is 23.5. The van der Waals surface area contributed by atoms with Gasteiger partial charge in [-0.25, -0.2) is 13.2 Å². The van der Waals surface area contributed by atoms with Gasteiger partial charge in [0.2, 0.25) is 10.0 Å². The SMILES string of the molecule is COC(=O)c1ccc(CO[C@@H](CN2CCN(S(=O)(=O)c3ccccc3C(F)(F)F)CC2)c2cccc(OC)c2)cc1. The Morgan fingerprint density at radius 1 is 0.927 bits per heavy atom. The first-order valence-corrected chi connectivity index (χ1v) is 14.3. The van der Waals surface area contributed by atoms with E-state index in [1.165, 1.54) is 19.2 Å². The summed E-state index contributed by atoms with van der Waals surface area (Å²) in [6.45, 7) is 1.35. The van der Waals surface area contributed by atoms with Gasteiger partial charge in [-0.2, -0.15) is 17.5 Å². The maximum absolute atomic E-state index is 13.5. The van der Waals surface area contributed by atoms with E-state index in [1.807, 2.05) is 29.2 Å². The lowest BCUT2D eigenvalue weighted by Crippen LogP contribution is -2.49. The number of carbonyl (C=O) groups excluding carboxylic acids is 1. The number of esters is 1. The molecular weight excluding hydrogens is 561 g/mol. The monoisotopic (exact) mass is 592 g/mol. The largest absolute Gasteiger partial charge is 0.497 e. The second kappa shape index (κ2) is 13.0. The number of halogens is 3. The van der Waals surface area contributed by atoms with Gasteiger partial charge in [-0.3, -0.25) is 4.90 Å². The molecule has 0 unspecified atom stereocenters. The Balaban J connectivity index is 1.46. The molecule has 0 spiro atoms. The highest BCUT2D eigenvalue weighted by Crippen LogP contribution is 2.35. The van der Waals surface area contributed by atoms with Crippen LogP contribution >= 0.6 is 0 Å². The molecule has 1 atom stereocenters. The van der Waals surface area contributed by atoms with Crippen LogP contribution < -0.4 is 4.74 Å². The van der Waals surface area contributed by atoms with Crippen LogP contribution in [0.15, 0.2) is 77.7 Å². The van der Waals surface area contributed by atoms with Crippen molar-refractivity contribution in [3.8, 4) is 5.75 Å². The zero-order chi connectivity index (χ0) is 29.6. The summed E-state index contributed by atoms with van der Waals surface area (Å²) in [4.78, 5) is 13.0. The van der Waals surface area contributed by atoms with Crippen molar-refractivity contribution in [3.05, 3.63) is 95.1 Å². The van der Waals surface area contributed by atoms with Gasteiger partial charge in [-0.05, 0) is 47.5 Å². The highest BCUT2D eigenvalue weighted by molar-refractivity contribution is 7.89. The lowest BCUT2D eigenvalue weighted by molar-refractivity contribution is -0.139. The minimum absolute atomic E-state index is 0.0361. The van der Waals surface area contributed by atoms with Gasteiger partial charge in [0.1, 0.15) is 5.75 Å². The van der Waals surface area contributed by atoms with Gasteiger partial charge in [-0.1, -0.05) is 36.4 Å². The molecule has 0 aromatic heterocycles. The van der Waals surface area contributed by atoms with E-state index < -0.39 is 38.7 Å². The Morgan fingerprint density at radius 2 is 1.61 bits per heavy atom. The number of hydrogen-bond acceptors (Lipinski definition) is 7. The third-order valence-corrected chi connectivity index (χ3v) is 8.81. The van der Waals surface area contributed by atoms with Gasteiger partial charge < -0.3 is 14.2 Å². The maximum Gasteiger partial charge on any atom is 0.417 e. The van der Waals surface area contributed by atoms with Crippen LogP contribution in [0.4, 0.5) is 13.2 Å².